The Hall–Kier alpha value is -2.71. The topological polar surface area (TPSA) is 96.4 Å². The van der Waals surface area contributed by atoms with Crippen LogP contribution in [0.1, 0.15) is 53.0 Å². The molecule has 3 fully saturated rings. The second-order valence-electron chi connectivity index (χ2n) is 11.3. The van der Waals surface area contributed by atoms with Crippen LogP contribution < -0.4 is 0 Å². The lowest BCUT2D eigenvalue weighted by atomic mass is 9.62. The van der Waals surface area contributed by atoms with Crippen LogP contribution in [0, 0.1) is 23.7 Å². The molecule has 8 nitrogen and oxygen atoms in total. The molecule has 4 rings (SSSR count). The second kappa shape index (κ2) is 10.8. The highest BCUT2D eigenvalue weighted by Crippen LogP contribution is 2.65. The van der Waals surface area contributed by atoms with Crippen LogP contribution in [0.15, 0.2) is 43.0 Å². The number of aliphatic hydroxyl groups is 1. The number of fused-ring (bicyclic) bond motifs is 1. The smallest absolute Gasteiger partial charge is 0.312 e. The van der Waals surface area contributed by atoms with Gasteiger partial charge < -0.3 is 24.4 Å². The molecular formula is C30H42N2O6. The zero-order valence-corrected chi connectivity index (χ0v) is 23.3. The maximum absolute atomic E-state index is 14.6. The summed E-state index contributed by atoms with van der Waals surface area (Å²) in [6, 6.07) is 8.11. The van der Waals surface area contributed by atoms with Gasteiger partial charge in [-0.15, -0.1) is 6.58 Å². The predicted octanol–water partition coefficient (Wildman–Crippen LogP) is 3.18. The second-order valence-corrected chi connectivity index (χ2v) is 11.3. The van der Waals surface area contributed by atoms with Crippen LogP contribution in [0.25, 0.3) is 0 Å². The third-order valence-corrected chi connectivity index (χ3v) is 9.25. The molecule has 38 heavy (non-hydrogen) atoms. The summed E-state index contributed by atoms with van der Waals surface area (Å²) in [4.78, 5) is 45.5. The summed E-state index contributed by atoms with van der Waals surface area (Å²) in [7, 11) is 0. The summed E-state index contributed by atoms with van der Waals surface area (Å²) in [6.07, 6.45) is 2.85. The van der Waals surface area contributed by atoms with Gasteiger partial charge in [-0.05, 0) is 37.7 Å². The van der Waals surface area contributed by atoms with Crippen molar-refractivity contribution in [2.24, 2.45) is 23.7 Å². The minimum atomic E-state index is -1.18. The molecule has 0 aliphatic carbocycles. The van der Waals surface area contributed by atoms with Crippen molar-refractivity contribution in [2.75, 3.05) is 19.8 Å². The number of carbonyl (C=O) groups excluding carboxylic acids is 3. The molecule has 3 aliphatic heterocycles. The Bertz CT molecular complexity index is 1060. The van der Waals surface area contributed by atoms with E-state index in [1.807, 2.05) is 58.0 Å². The Morgan fingerprint density at radius 1 is 1.32 bits per heavy atom. The molecular weight excluding hydrogens is 484 g/mol. The first-order valence-electron chi connectivity index (χ1n) is 13.8. The number of benzene rings is 1. The van der Waals surface area contributed by atoms with Gasteiger partial charge in [-0.3, -0.25) is 14.4 Å². The molecule has 8 atom stereocenters. The monoisotopic (exact) mass is 526 g/mol. The lowest BCUT2D eigenvalue weighted by Crippen LogP contribution is -2.59. The average molecular weight is 527 g/mol. The van der Waals surface area contributed by atoms with E-state index >= 15 is 0 Å². The average Bonchev–Trinajstić information content (AvgIpc) is 3.41. The van der Waals surface area contributed by atoms with Crippen molar-refractivity contribution < 1.29 is 29.0 Å². The molecule has 3 saturated heterocycles. The fourth-order valence-electron chi connectivity index (χ4n) is 7.08. The van der Waals surface area contributed by atoms with E-state index in [-0.39, 0.29) is 43.4 Å². The van der Waals surface area contributed by atoms with E-state index in [0.717, 1.165) is 5.56 Å². The Balaban J connectivity index is 1.85. The van der Waals surface area contributed by atoms with Gasteiger partial charge in [0, 0.05) is 13.1 Å². The van der Waals surface area contributed by atoms with Crippen molar-refractivity contribution in [3.05, 3.63) is 48.6 Å². The first-order chi connectivity index (χ1) is 18.1. The van der Waals surface area contributed by atoms with E-state index in [1.54, 1.807) is 22.8 Å². The molecule has 3 heterocycles. The van der Waals surface area contributed by atoms with Gasteiger partial charge in [0.15, 0.2) is 0 Å². The summed E-state index contributed by atoms with van der Waals surface area (Å²) < 4.78 is 12.2. The molecule has 0 aromatic heterocycles. The van der Waals surface area contributed by atoms with Crippen LogP contribution in [0.5, 0.6) is 0 Å². The first-order valence-corrected chi connectivity index (χ1v) is 13.8. The third-order valence-electron chi connectivity index (χ3n) is 9.25. The SMILES string of the molecule is C=CCN(Cc1ccccc1)C(=O)C1N([C@@H](CO)[C@@H](C)CC)C(=O)[C@@H]2[C@H](C(=O)OCC)[C@@]3(C)OC12CC3C. The number of carbonyl (C=O) groups is 3. The minimum Gasteiger partial charge on any atom is -0.466 e. The van der Waals surface area contributed by atoms with Gasteiger partial charge in [-0.2, -0.15) is 0 Å². The summed E-state index contributed by atoms with van der Waals surface area (Å²) in [5.74, 6) is -2.85. The zero-order valence-electron chi connectivity index (χ0n) is 23.3. The Morgan fingerprint density at radius 3 is 2.58 bits per heavy atom. The van der Waals surface area contributed by atoms with Crippen molar-refractivity contribution >= 4 is 17.8 Å². The van der Waals surface area contributed by atoms with Crippen LogP contribution >= 0.6 is 0 Å². The summed E-state index contributed by atoms with van der Waals surface area (Å²) in [6.45, 7) is 14.0. The highest BCUT2D eigenvalue weighted by Gasteiger charge is 2.80. The maximum Gasteiger partial charge on any atom is 0.312 e. The fourth-order valence-corrected chi connectivity index (χ4v) is 7.08. The molecule has 2 amide bonds. The van der Waals surface area contributed by atoms with E-state index in [1.165, 1.54) is 0 Å². The van der Waals surface area contributed by atoms with E-state index in [0.29, 0.717) is 19.4 Å². The Morgan fingerprint density at radius 2 is 2.00 bits per heavy atom. The molecule has 2 bridgehead atoms. The molecule has 3 aliphatic rings. The van der Waals surface area contributed by atoms with Gasteiger partial charge in [-0.25, -0.2) is 0 Å². The van der Waals surface area contributed by atoms with Crippen molar-refractivity contribution in [2.45, 2.75) is 77.3 Å². The highest BCUT2D eigenvalue weighted by atomic mass is 16.6. The molecule has 208 valence electrons. The number of ether oxygens (including phenoxy) is 2. The zero-order chi connectivity index (χ0) is 27.8. The van der Waals surface area contributed by atoms with Gasteiger partial charge in [0.25, 0.3) is 0 Å². The maximum atomic E-state index is 14.6. The molecule has 1 aromatic carbocycles. The summed E-state index contributed by atoms with van der Waals surface area (Å²) in [5, 5.41) is 10.5. The molecule has 3 unspecified atom stereocenters. The van der Waals surface area contributed by atoms with Crippen LogP contribution in [-0.2, 0) is 30.4 Å². The number of esters is 1. The fraction of sp³-hybridized carbons (Fsp3) is 0.633. The Labute approximate surface area is 226 Å². The van der Waals surface area contributed by atoms with Gasteiger partial charge in [-0.1, -0.05) is 63.6 Å². The standard InChI is InChI=1S/C30H42N2O6/c1-7-15-31(17-21-13-11-10-12-14-21)27(35)25-30-16-20(5)29(6,38-30)24(28(36)37-9-3)23(30)26(34)32(25)22(18-33)19(4)8-2/h7,10-14,19-20,22-25,33H,1,8-9,15-18H2,2-6H3/t19-,20?,22-,23-,24+,25?,29-,30?/m0/s1. The van der Waals surface area contributed by atoms with Crippen LogP contribution in [-0.4, -0.2) is 75.7 Å². The van der Waals surface area contributed by atoms with Crippen LogP contribution in [0.4, 0.5) is 0 Å². The number of hydrogen-bond acceptors (Lipinski definition) is 6. The molecule has 8 heteroatoms. The minimum absolute atomic E-state index is 0.0669. The van der Waals surface area contributed by atoms with Crippen molar-refractivity contribution in [3.63, 3.8) is 0 Å². The van der Waals surface area contributed by atoms with E-state index in [9.17, 15) is 19.5 Å². The van der Waals surface area contributed by atoms with Crippen LogP contribution in [0.3, 0.4) is 0 Å². The van der Waals surface area contributed by atoms with Crippen molar-refractivity contribution in [1.82, 2.24) is 9.80 Å². The highest BCUT2D eigenvalue weighted by molar-refractivity contribution is 5.98. The quantitative estimate of drug-likeness (QED) is 0.352. The number of amides is 2. The first kappa shape index (κ1) is 28.3. The number of hydrogen-bond donors (Lipinski definition) is 1. The third kappa shape index (κ3) is 4.26. The summed E-state index contributed by atoms with van der Waals surface area (Å²) >= 11 is 0. The van der Waals surface area contributed by atoms with E-state index < -0.39 is 41.1 Å². The Kier molecular flexibility index (Phi) is 8.05. The van der Waals surface area contributed by atoms with Gasteiger partial charge in [0.2, 0.25) is 11.8 Å². The molecule has 1 N–H and O–H groups in total. The van der Waals surface area contributed by atoms with E-state index in [4.69, 9.17) is 9.47 Å². The lowest BCUT2D eigenvalue weighted by Gasteiger charge is -2.41. The largest absolute Gasteiger partial charge is 0.466 e. The van der Waals surface area contributed by atoms with Gasteiger partial charge in [0.05, 0.1) is 30.8 Å². The summed E-state index contributed by atoms with van der Waals surface area (Å²) in [5.41, 5.74) is -1.16. The normalized spacial score (nSPS) is 33.1. The number of likely N-dealkylation sites (tertiary alicyclic amines) is 1. The van der Waals surface area contributed by atoms with Crippen molar-refractivity contribution in [3.8, 4) is 0 Å². The lowest BCUT2D eigenvalue weighted by molar-refractivity contribution is -0.164. The number of aliphatic hydroxyl groups excluding tert-OH is 1. The predicted molar refractivity (Wildman–Crippen MR) is 143 cm³/mol. The number of rotatable bonds is 11. The molecule has 0 radical (unpaired) electrons. The van der Waals surface area contributed by atoms with Crippen molar-refractivity contribution in [1.29, 1.82) is 0 Å². The van der Waals surface area contributed by atoms with Gasteiger partial charge in [0.1, 0.15) is 17.6 Å². The van der Waals surface area contributed by atoms with Gasteiger partial charge >= 0.3 is 5.97 Å². The van der Waals surface area contributed by atoms with Crippen LogP contribution in [0.2, 0.25) is 0 Å². The molecule has 0 saturated carbocycles. The molecule has 1 aromatic rings. The molecule has 1 spiro atoms. The van der Waals surface area contributed by atoms with E-state index in [2.05, 4.69) is 6.58 Å². The number of nitrogens with zero attached hydrogens (tertiary/aromatic N) is 2.